The van der Waals surface area contributed by atoms with E-state index in [9.17, 15) is 9.90 Å². The van der Waals surface area contributed by atoms with E-state index in [1.807, 2.05) is 11.8 Å². The van der Waals surface area contributed by atoms with Crippen molar-refractivity contribution in [1.29, 1.82) is 0 Å². The van der Waals surface area contributed by atoms with Crippen molar-refractivity contribution in [2.24, 2.45) is 11.3 Å². The number of hydrogen-bond acceptors (Lipinski definition) is 3. The highest BCUT2D eigenvalue weighted by atomic mass is 16.5. The summed E-state index contributed by atoms with van der Waals surface area (Å²) in [6.45, 7) is 14.5. The van der Waals surface area contributed by atoms with Crippen LogP contribution in [-0.2, 0) is 6.42 Å². The van der Waals surface area contributed by atoms with Crippen LogP contribution < -0.4 is 4.74 Å². The van der Waals surface area contributed by atoms with Gasteiger partial charge in [0.05, 0.1) is 18.7 Å². The third-order valence-corrected chi connectivity index (χ3v) is 8.59. The molecule has 2 aromatic carbocycles. The second kappa shape index (κ2) is 9.16. The zero-order valence-electron chi connectivity index (χ0n) is 21.9. The van der Waals surface area contributed by atoms with Gasteiger partial charge in [-0.25, -0.2) is 4.79 Å². The molecule has 35 heavy (non-hydrogen) atoms. The Kier molecular flexibility index (Phi) is 6.33. The highest BCUT2D eigenvalue weighted by Crippen LogP contribution is 2.53. The number of nitrogens with zero attached hydrogens (tertiary/aromatic N) is 2. The van der Waals surface area contributed by atoms with Crippen molar-refractivity contribution >= 4 is 6.09 Å². The second-order valence-electron chi connectivity index (χ2n) is 11.7. The van der Waals surface area contributed by atoms with Gasteiger partial charge in [-0.1, -0.05) is 52.0 Å². The molecule has 5 nitrogen and oxygen atoms in total. The molecule has 3 aliphatic heterocycles. The van der Waals surface area contributed by atoms with E-state index in [2.05, 4.69) is 69.0 Å². The Morgan fingerprint density at radius 2 is 1.86 bits per heavy atom. The monoisotopic (exact) mass is 476 g/mol. The van der Waals surface area contributed by atoms with Gasteiger partial charge < -0.3 is 14.7 Å². The third kappa shape index (κ3) is 4.33. The molecule has 1 amide bonds. The lowest BCUT2D eigenvalue weighted by Crippen LogP contribution is -2.60. The molecule has 4 aliphatic rings. The van der Waals surface area contributed by atoms with Crippen LogP contribution in [0.1, 0.15) is 76.1 Å². The standard InChI is InChI=1S/C30H40N2O3/c1-6-35-27-16-25-23(15-24(27)21-9-7-20(8-10-21)19(2)3)17-30(4,5)28(25)32(29(33)34)26-18-31-13-11-22(26)12-14-31/h7-10,15-16,19,22,26,28H,6,11-14,17-18H2,1-5H3,(H,33,34)/t26-,28+/m1/s1. The van der Waals surface area contributed by atoms with E-state index in [0.717, 1.165) is 61.3 Å². The summed E-state index contributed by atoms with van der Waals surface area (Å²) in [5, 5.41) is 10.5. The molecule has 188 valence electrons. The molecule has 2 bridgehead atoms. The van der Waals surface area contributed by atoms with E-state index < -0.39 is 6.09 Å². The summed E-state index contributed by atoms with van der Waals surface area (Å²) in [5.74, 6) is 1.80. The van der Waals surface area contributed by atoms with Gasteiger partial charge in [0.15, 0.2) is 0 Å². The van der Waals surface area contributed by atoms with Crippen LogP contribution in [0.3, 0.4) is 0 Å². The molecule has 0 saturated carbocycles. The summed E-state index contributed by atoms with van der Waals surface area (Å²) in [6, 6.07) is 13.1. The van der Waals surface area contributed by atoms with E-state index >= 15 is 0 Å². The molecule has 5 heteroatoms. The van der Waals surface area contributed by atoms with Crippen LogP contribution in [0, 0.1) is 11.3 Å². The van der Waals surface area contributed by atoms with Gasteiger partial charge in [-0.2, -0.15) is 0 Å². The fourth-order valence-corrected chi connectivity index (χ4v) is 6.82. The van der Waals surface area contributed by atoms with Gasteiger partial charge in [0.1, 0.15) is 5.75 Å². The molecule has 1 aliphatic carbocycles. The quantitative estimate of drug-likeness (QED) is 0.512. The lowest BCUT2D eigenvalue weighted by Gasteiger charge is -2.51. The zero-order chi connectivity index (χ0) is 24.9. The Morgan fingerprint density at radius 1 is 1.17 bits per heavy atom. The number of carboxylic acid groups (broad SMARTS) is 1. The Balaban J connectivity index is 1.57. The van der Waals surface area contributed by atoms with Gasteiger partial charge in [0, 0.05) is 12.1 Å². The molecule has 0 radical (unpaired) electrons. The topological polar surface area (TPSA) is 53.0 Å². The number of ether oxygens (including phenoxy) is 1. The first-order chi connectivity index (χ1) is 16.7. The number of rotatable bonds is 6. The van der Waals surface area contributed by atoms with Crippen LogP contribution >= 0.6 is 0 Å². The first kappa shape index (κ1) is 24.2. The Bertz CT molecular complexity index is 1080. The van der Waals surface area contributed by atoms with Crippen molar-refractivity contribution in [3.63, 3.8) is 0 Å². The van der Waals surface area contributed by atoms with Gasteiger partial charge in [0.2, 0.25) is 0 Å². The normalized spacial score (nSPS) is 26.6. The molecule has 0 spiro atoms. The van der Waals surface area contributed by atoms with Gasteiger partial charge in [-0.3, -0.25) is 4.90 Å². The van der Waals surface area contributed by atoms with Crippen LogP contribution in [0.5, 0.6) is 5.75 Å². The van der Waals surface area contributed by atoms with Crippen LogP contribution in [0.2, 0.25) is 0 Å². The predicted molar refractivity (Wildman–Crippen MR) is 140 cm³/mol. The van der Waals surface area contributed by atoms with Gasteiger partial charge in [-0.15, -0.1) is 0 Å². The summed E-state index contributed by atoms with van der Waals surface area (Å²) < 4.78 is 6.17. The van der Waals surface area contributed by atoms with Crippen LogP contribution in [0.4, 0.5) is 4.79 Å². The van der Waals surface area contributed by atoms with Gasteiger partial charge in [0.25, 0.3) is 0 Å². The van der Waals surface area contributed by atoms with Crippen molar-refractivity contribution in [2.45, 2.75) is 71.9 Å². The summed E-state index contributed by atoms with van der Waals surface area (Å²) in [7, 11) is 0. The Morgan fingerprint density at radius 3 is 2.40 bits per heavy atom. The second-order valence-corrected chi connectivity index (χ2v) is 11.7. The fraction of sp³-hybridized carbons (Fsp3) is 0.567. The van der Waals surface area contributed by atoms with Crippen molar-refractivity contribution in [2.75, 3.05) is 26.2 Å². The Hall–Kier alpha value is -2.53. The minimum Gasteiger partial charge on any atom is -0.493 e. The van der Waals surface area contributed by atoms with E-state index in [4.69, 9.17) is 4.74 Å². The summed E-state index contributed by atoms with van der Waals surface area (Å²) in [4.78, 5) is 17.1. The maximum absolute atomic E-state index is 12.8. The predicted octanol–water partition coefficient (Wildman–Crippen LogP) is 6.57. The first-order valence-corrected chi connectivity index (χ1v) is 13.3. The first-order valence-electron chi connectivity index (χ1n) is 13.3. The smallest absolute Gasteiger partial charge is 0.408 e. The highest BCUT2D eigenvalue weighted by Gasteiger charge is 2.50. The summed E-state index contributed by atoms with van der Waals surface area (Å²) in [6.07, 6.45) is 2.27. The summed E-state index contributed by atoms with van der Waals surface area (Å²) in [5.41, 5.74) is 5.76. The number of carbonyl (C=O) groups is 1. The van der Waals surface area contributed by atoms with Crippen LogP contribution in [0.15, 0.2) is 36.4 Å². The van der Waals surface area contributed by atoms with Gasteiger partial charge >= 0.3 is 6.09 Å². The highest BCUT2D eigenvalue weighted by molar-refractivity contribution is 5.74. The minimum atomic E-state index is -0.791. The molecule has 3 saturated heterocycles. The lowest BCUT2D eigenvalue weighted by atomic mass is 9.79. The number of fused-ring (bicyclic) bond motifs is 4. The molecule has 2 aromatic rings. The van der Waals surface area contributed by atoms with Crippen molar-refractivity contribution in [3.8, 4) is 16.9 Å². The number of amides is 1. The van der Waals surface area contributed by atoms with E-state index in [0.29, 0.717) is 18.4 Å². The third-order valence-electron chi connectivity index (χ3n) is 8.59. The molecule has 3 fully saturated rings. The average Bonchev–Trinajstić information content (AvgIpc) is 3.09. The number of hydrogen-bond donors (Lipinski definition) is 1. The summed E-state index contributed by atoms with van der Waals surface area (Å²) >= 11 is 0. The van der Waals surface area contributed by atoms with Crippen molar-refractivity contribution in [1.82, 2.24) is 9.80 Å². The molecule has 1 N–H and O–H groups in total. The van der Waals surface area contributed by atoms with E-state index in [-0.39, 0.29) is 17.5 Å². The molecule has 0 unspecified atom stereocenters. The Labute approximate surface area is 210 Å². The fourth-order valence-electron chi connectivity index (χ4n) is 6.82. The SMILES string of the molecule is CCOc1cc2c(cc1-c1ccc(C(C)C)cc1)CC(C)(C)[C@H]2N(C(=O)O)[C@@H]1CN2CCC1CC2. The maximum atomic E-state index is 12.8. The molecule has 3 heterocycles. The molecular formula is C30H40N2O3. The average molecular weight is 477 g/mol. The van der Waals surface area contributed by atoms with Gasteiger partial charge in [-0.05, 0) is 90.9 Å². The van der Waals surface area contributed by atoms with Crippen molar-refractivity contribution < 1.29 is 14.6 Å². The zero-order valence-corrected chi connectivity index (χ0v) is 21.9. The van der Waals surface area contributed by atoms with Crippen LogP contribution in [0.25, 0.3) is 11.1 Å². The molecule has 0 aromatic heterocycles. The largest absolute Gasteiger partial charge is 0.493 e. The minimum absolute atomic E-state index is 0.0593. The van der Waals surface area contributed by atoms with E-state index in [1.165, 1.54) is 11.1 Å². The maximum Gasteiger partial charge on any atom is 0.408 e. The van der Waals surface area contributed by atoms with E-state index in [1.54, 1.807) is 0 Å². The molecule has 6 rings (SSSR count). The number of benzene rings is 2. The van der Waals surface area contributed by atoms with Crippen LogP contribution in [-0.4, -0.2) is 53.3 Å². The molecular weight excluding hydrogens is 436 g/mol. The number of piperidine rings is 3. The van der Waals surface area contributed by atoms with Crippen molar-refractivity contribution in [3.05, 3.63) is 53.1 Å². The lowest BCUT2D eigenvalue weighted by molar-refractivity contribution is -0.0267. The molecule has 2 atom stereocenters.